The van der Waals surface area contributed by atoms with Crippen LogP contribution < -0.4 is 5.32 Å². The number of anilines is 1. The van der Waals surface area contributed by atoms with E-state index in [0.717, 1.165) is 11.4 Å². The molecule has 0 atom stereocenters. The van der Waals surface area contributed by atoms with Crippen LogP contribution in [0, 0.1) is 11.3 Å². The van der Waals surface area contributed by atoms with Crippen molar-refractivity contribution in [2.75, 3.05) is 5.32 Å². The zero-order valence-corrected chi connectivity index (χ0v) is 11.0. The lowest BCUT2D eigenvalue weighted by Crippen LogP contribution is -1.99. The van der Waals surface area contributed by atoms with E-state index in [1.807, 2.05) is 12.1 Å². The first-order valence-electron chi connectivity index (χ1n) is 4.87. The minimum atomic E-state index is 0.514. The molecule has 0 aliphatic carbocycles. The van der Waals surface area contributed by atoms with Crippen molar-refractivity contribution in [2.24, 2.45) is 0 Å². The second-order valence-electron chi connectivity index (χ2n) is 3.37. The normalized spacial score (nSPS) is 9.94. The smallest absolute Gasteiger partial charge is 0.169 e. The van der Waals surface area contributed by atoms with E-state index in [-0.39, 0.29) is 0 Å². The van der Waals surface area contributed by atoms with Crippen molar-refractivity contribution < 1.29 is 4.42 Å². The first-order chi connectivity index (χ1) is 8.19. The van der Waals surface area contributed by atoms with Gasteiger partial charge in [0.05, 0.1) is 28.9 Å². The van der Waals surface area contributed by atoms with Crippen LogP contribution in [0.15, 0.2) is 39.4 Å². The Morgan fingerprint density at radius 3 is 2.82 bits per heavy atom. The highest BCUT2D eigenvalue weighted by Crippen LogP contribution is 2.24. The summed E-state index contributed by atoms with van der Waals surface area (Å²) in [7, 11) is 0. The Labute approximate surface area is 112 Å². The van der Waals surface area contributed by atoms with Gasteiger partial charge >= 0.3 is 0 Å². The molecule has 86 valence electrons. The number of halogens is 2. The molecule has 0 fully saturated rings. The highest BCUT2D eigenvalue weighted by molar-refractivity contribution is 9.10. The Morgan fingerprint density at radius 1 is 1.35 bits per heavy atom. The van der Waals surface area contributed by atoms with Gasteiger partial charge in [0.25, 0.3) is 0 Å². The maximum absolute atomic E-state index is 8.80. The van der Waals surface area contributed by atoms with E-state index in [1.165, 1.54) is 0 Å². The molecule has 0 radical (unpaired) electrons. The number of nitriles is 1. The summed E-state index contributed by atoms with van der Waals surface area (Å²) in [6.07, 6.45) is 0. The van der Waals surface area contributed by atoms with Gasteiger partial charge in [0.2, 0.25) is 0 Å². The molecule has 0 saturated carbocycles. The van der Waals surface area contributed by atoms with Crippen molar-refractivity contribution in [3.63, 3.8) is 0 Å². The van der Waals surface area contributed by atoms with Gasteiger partial charge in [-0.2, -0.15) is 5.26 Å². The Bertz CT molecular complexity index is 574. The summed E-state index contributed by atoms with van der Waals surface area (Å²) in [6.45, 7) is 0.514. The van der Waals surface area contributed by atoms with Gasteiger partial charge in [0.1, 0.15) is 5.76 Å². The third-order valence-electron chi connectivity index (χ3n) is 2.18. The van der Waals surface area contributed by atoms with Crippen LogP contribution >= 0.6 is 27.5 Å². The van der Waals surface area contributed by atoms with Crippen molar-refractivity contribution in [1.29, 1.82) is 5.26 Å². The van der Waals surface area contributed by atoms with Crippen LogP contribution in [-0.4, -0.2) is 0 Å². The molecule has 0 aliphatic rings. The van der Waals surface area contributed by atoms with E-state index in [0.29, 0.717) is 21.8 Å². The number of furan rings is 1. The molecule has 2 rings (SSSR count). The van der Waals surface area contributed by atoms with Gasteiger partial charge in [-0.25, -0.2) is 0 Å². The monoisotopic (exact) mass is 310 g/mol. The minimum Gasteiger partial charge on any atom is -0.452 e. The Morgan fingerprint density at radius 2 is 2.18 bits per heavy atom. The van der Waals surface area contributed by atoms with Gasteiger partial charge in [-0.05, 0) is 46.3 Å². The number of nitrogens with zero attached hydrogens (tertiary/aromatic N) is 1. The second-order valence-corrected chi connectivity index (χ2v) is 4.55. The van der Waals surface area contributed by atoms with Crippen LogP contribution in [0.1, 0.15) is 11.3 Å². The molecular weight excluding hydrogens is 304 g/mol. The molecule has 0 amide bonds. The van der Waals surface area contributed by atoms with E-state index in [4.69, 9.17) is 21.3 Å². The summed E-state index contributed by atoms with van der Waals surface area (Å²) >= 11 is 9.24. The average Bonchev–Trinajstić information content (AvgIpc) is 2.74. The van der Waals surface area contributed by atoms with Crippen LogP contribution in [0.5, 0.6) is 0 Å². The lowest BCUT2D eigenvalue weighted by Gasteiger charge is -2.06. The van der Waals surface area contributed by atoms with E-state index >= 15 is 0 Å². The van der Waals surface area contributed by atoms with Crippen molar-refractivity contribution >= 4 is 33.2 Å². The highest BCUT2D eigenvalue weighted by Gasteiger charge is 2.03. The lowest BCUT2D eigenvalue weighted by atomic mass is 10.2. The number of hydrogen-bond acceptors (Lipinski definition) is 3. The molecule has 3 nitrogen and oxygen atoms in total. The summed E-state index contributed by atoms with van der Waals surface area (Å²) < 4.78 is 6.03. The third kappa shape index (κ3) is 3.02. The van der Waals surface area contributed by atoms with Crippen molar-refractivity contribution in [3.8, 4) is 6.07 Å². The molecule has 1 heterocycles. The number of benzene rings is 1. The predicted octanol–water partition coefficient (Wildman–Crippen LogP) is 4.18. The zero-order valence-electron chi connectivity index (χ0n) is 8.71. The fraction of sp³-hybridized carbons (Fsp3) is 0.0833. The molecule has 0 spiro atoms. The summed E-state index contributed by atoms with van der Waals surface area (Å²) in [5.41, 5.74) is 1.29. The fourth-order valence-electron chi connectivity index (χ4n) is 1.36. The van der Waals surface area contributed by atoms with Crippen LogP contribution in [-0.2, 0) is 6.54 Å². The van der Waals surface area contributed by atoms with Gasteiger partial charge < -0.3 is 9.73 Å². The maximum Gasteiger partial charge on any atom is 0.169 e. The highest BCUT2D eigenvalue weighted by atomic mass is 79.9. The molecule has 1 N–H and O–H groups in total. The zero-order chi connectivity index (χ0) is 12.3. The van der Waals surface area contributed by atoms with Gasteiger partial charge in [-0.3, -0.25) is 0 Å². The maximum atomic E-state index is 8.80. The molecule has 1 aromatic heterocycles. The van der Waals surface area contributed by atoms with Crippen molar-refractivity contribution in [2.45, 2.75) is 6.54 Å². The first kappa shape index (κ1) is 12.0. The Hall–Kier alpha value is -1.44. The van der Waals surface area contributed by atoms with E-state index in [9.17, 15) is 0 Å². The van der Waals surface area contributed by atoms with Crippen LogP contribution in [0.2, 0.25) is 5.02 Å². The summed E-state index contributed by atoms with van der Waals surface area (Å²) in [5.74, 6) is 0.787. The fourth-order valence-corrected chi connectivity index (χ4v) is 1.88. The average molecular weight is 312 g/mol. The van der Waals surface area contributed by atoms with E-state index in [1.54, 1.807) is 18.2 Å². The quantitative estimate of drug-likeness (QED) is 0.925. The second kappa shape index (κ2) is 5.26. The standard InChI is InChI=1S/C12H8BrClN2O/c13-12-4-2-9(17-12)7-16-11-5-8(6-15)1-3-10(11)14/h1-5,16H,7H2. The van der Waals surface area contributed by atoms with Crippen LogP contribution in [0.4, 0.5) is 5.69 Å². The Kier molecular flexibility index (Phi) is 3.72. The van der Waals surface area contributed by atoms with E-state index in [2.05, 4.69) is 27.3 Å². The SMILES string of the molecule is N#Cc1ccc(Cl)c(NCc2ccc(Br)o2)c1. The largest absolute Gasteiger partial charge is 0.452 e. The van der Waals surface area contributed by atoms with Gasteiger partial charge in [0.15, 0.2) is 4.67 Å². The van der Waals surface area contributed by atoms with Crippen molar-refractivity contribution in [3.05, 3.63) is 51.3 Å². The predicted molar refractivity (Wildman–Crippen MR) is 69.9 cm³/mol. The third-order valence-corrected chi connectivity index (χ3v) is 2.93. The molecule has 5 heteroatoms. The molecule has 17 heavy (non-hydrogen) atoms. The lowest BCUT2D eigenvalue weighted by molar-refractivity contribution is 0.495. The number of nitrogens with one attached hydrogen (secondary N) is 1. The molecule has 0 saturated heterocycles. The van der Waals surface area contributed by atoms with E-state index < -0.39 is 0 Å². The Balaban J connectivity index is 2.11. The molecular formula is C12H8BrClN2O. The van der Waals surface area contributed by atoms with Crippen LogP contribution in [0.25, 0.3) is 0 Å². The number of hydrogen-bond donors (Lipinski definition) is 1. The molecule has 2 aromatic rings. The van der Waals surface area contributed by atoms with Gasteiger partial charge in [-0.1, -0.05) is 11.6 Å². The van der Waals surface area contributed by atoms with Crippen LogP contribution in [0.3, 0.4) is 0 Å². The number of rotatable bonds is 3. The summed E-state index contributed by atoms with van der Waals surface area (Å²) in [6, 6.07) is 10.8. The molecule has 0 bridgehead atoms. The molecule has 0 unspecified atom stereocenters. The van der Waals surface area contributed by atoms with Crippen molar-refractivity contribution in [1.82, 2.24) is 0 Å². The first-order valence-corrected chi connectivity index (χ1v) is 6.04. The minimum absolute atomic E-state index is 0.514. The van der Waals surface area contributed by atoms with Gasteiger partial charge in [-0.15, -0.1) is 0 Å². The molecule has 0 aliphatic heterocycles. The van der Waals surface area contributed by atoms with Gasteiger partial charge in [0, 0.05) is 0 Å². The summed E-state index contributed by atoms with van der Waals surface area (Å²) in [4.78, 5) is 0. The topological polar surface area (TPSA) is 49.0 Å². The molecule has 1 aromatic carbocycles. The summed E-state index contributed by atoms with van der Waals surface area (Å²) in [5, 5.41) is 12.5.